The van der Waals surface area contributed by atoms with Crippen LogP contribution in [0.3, 0.4) is 0 Å². The number of nitrogens with two attached hydrogens (primary N) is 1. The first kappa shape index (κ1) is 16.8. The fourth-order valence-corrected chi connectivity index (χ4v) is 3.16. The van der Waals surface area contributed by atoms with Crippen LogP contribution in [0.1, 0.15) is 18.9 Å². The number of rotatable bonds is 6. The normalized spacial score (nSPS) is 11.0. The Hall–Kier alpha value is -2.54. The molecular weight excluding hydrogens is 314 g/mol. The van der Waals surface area contributed by atoms with E-state index in [0.29, 0.717) is 11.4 Å². The van der Waals surface area contributed by atoms with Gasteiger partial charge in [0, 0.05) is 11.4 Å². The molecule has 0 unspecified atom stereocenters. The summed E-state index contributed by atoms with van der Waals surface area (Å²) in [6, 6.07) is 12.4. The Morgan fingerprint density at radius 3 is 2.09 bits per heavy atom. The van der Waals surface area contributed by atoms with Crippen LogP contribution in [0.15, 0.2) is 53.4 Å². The number of anilines is 2. The van der Waals surface area contributed by atoms with E-state index >= 15 is 0 Å². The van der Waals surface area contributed by atoms with E-state index in [0.717, 1.165) is 18.4 Å². The van der Waals surface area contributed by atoms with E-state index in [-0.39, 0.29) is 4.90 Å². The minimum Gasteiger partial charge on any atom is -0.351 e. The third-order valence-electron chi connectivity index (χ3n) is 3.18. The second-order valence-electron chi connectivity index (χ2n) is 5.07. The van der Waals surface area contributed by atoms with Gasteiger partial charge in [-0.2, -0.15) is 0 Å². The van der Waals surface area contributed by atoms with Gasteiger partial charge in [0.15, 0.2) is 0 Å². The average Bonchev–Trinajstić information content (AvgIpc) is 2.49. The van der Waals surface area contributed by atoms with Gasteiger partial charge in [0.05, 0.1) is 4.90 Å². The van der Waals surface area contributed by atoms with E-state index in [1.165, 1.54) is 0 Å². The van der Waals surface area contributed by atoms with Gasteiger partial charge in [-0.25, -0.2) is 13.2 Å². The first-order valence-electron chi connectivity index (χ1n) is 7.19. The summed E-state index contributed by atoms with van der Waals surface area (Å²) in [5.74, 6) is 0. The van der Waals surface area contributed by atoms with Gasteiger partial charge in [-0.3, -0.25) is 4.72 Å². The Kier molecular flexibility index (Phi) is 5.23. The zero-order valence-corrected chi connectivity index (χ0v) is 13.6. The van der Waals surface area contributed by atoms with Crippen LogP contribution in [0.4, 0.5) is 16.2 Å². The summed E-state index contributed by atoms with van der Waals surface area (Å²) in [7, 11) is -3.64. The Bertz CT molecular complexity index is 769. The van der Waals surface area contributed by atoms with Crippen LogP contribution in [0.5, 0.6) is 0 Å². The molecule has 0 spiro atoms. The molecule has 0 aliphatic rings. The summed E-state index contributed by atoms with van der Waals surface area (Å²) < 4.78 is 27.2. The van der Waals surface area contributed by atoms with Gasteiger partial charge in [0.2, 0.25) is 0 Å². The Labute approximate surface area is 135 Å². The predicted molar refractivity (Wildman–Crippen MR) is 90.9 cm³/mol. The van der Waals surface area contributed by atoms with Gasteiger partial charge >= 0.3 is 6.03 Å². The number of amides is 2. The number of carbonyl (C=O) groups excluding carboxylic acids is 1. The number of carbonyl (C=O) groups is 1. The van der Waals surface area contributed by atoms with Crippen molar-refractivity contribution < 1.29 is 13.2 Å². The SMILES string of the molecule is CCCc1ccc(S(=O)(=O)Nc2ccc(NC(N)=O)cc2)cc1. The fourth-order valence-electron chi connectivity index (χ4n) is 2.10. The molecule has 6 nitrogen and oxygen atoms in total. The van der Waals surface area contributed by atoms with E-state index in [4.69, 9.17) is 5.73 Å². The minimum absolute atomic E-state index is 0.205. The molecule has 0 saturated carbocycles. The van der Waals surface area contributed by atoms with Crippen molar-refractivity contribution in [1.29, 1.82) is 0 Å². The van der Waals surface area contributed by atoms with Crippen LogP contribution < -0.4 is 15.8 Å². The molecule has 0 atom stereocenters. The summed E-state index contributed by atoms with van der Waals surface area (Å²) >= 11 is 0. The lowest BCUT2D eigenvalue weighted by molar-refractivity contribution is 0.259. The van der Waals surface area contributed by atoms with Crippen LogP contribution in [0.2, 0.25) is 0 Å². The summed E-state index contributed by atoms with van der Waals surface area (Å²) in [5, 5.41) is 2.41. The van der Waals surface area contributed by atoms with E-state index in [1.54, 1.807) is 36.4 Å². The first-order valence-corrected chi connectivity index (χ1v) is 8.67. The third-order valence-corrected chi connectivity index (χ3v) is 4.57. The molecule has 0 aromatic heterocycles. The van der Waals surface area contributed by atoms with Crippen LogP contribution in [-0.2, 0) is 16.4 Å². The van der Waals surface area contributed by atoms with Gasteiger partial charge in [0.25, 0.3) is 10.0 Å². The molecule has 2 aromatic carbocycles. The molecule has 23 heavy (non-hydrogen) atoms. The van der Waals surface area contributed by atoms with Crippen molar-refractivity contribution in [3.63, 3.8) is 0 Å². The number of sulfonamides is 1. The number of nitrogens with one attached hydrogen (secondary N) is 2. The van der Waals surface area contributed by atoms with Crippen molar-refractivity contribution in [2.75, 3.05) is 10.0 Å². The molecule has 0 heterocycles. The Balaban J connectivity index is 2.12. The maximum absolute atomic E-state index is 12.3. The second-order valence-corrected chi connectivity index (χ2v) is 6.75. The van der Waals surface area contributed by atoms with Crippen molar-refractivity contribution in [3.05, 3.63) is 54.1 Å². The van der Waals surface area contributed by atoms with Gasteiger partial charge in [-0.15, -0.1) is 0 Å². The number of hydrogen-bond acceptors (Lipinski definition) is 3. The zero-order valence-electron chi connectivity index (χ0n) is 12.7. The molecule has 0 radical (unpaired) electrons. The number of hydrogen-bond donors (Lipinski definition) is 3. The van der Waals surface area contributed by atoms with Crippen molar-refractivity contribution in [1.82, 2.24) is 0 Å². The second kappa shape index (κ2) is 7.15. The quantitative estimate of drug-likeness (QED) is 0.757. The number of primary amides is 1. The zero-order chi connectivity index (χ0) is 16.9. The van der Waals surface area contributed by atoms with E-state index in [9.17, 15) is 13.2 Å². The minimum atomic E-state index is -3.64. The summed E-state index contributed by atoms with van der Waals surface area (Å²) in [5.41, 5.74) is 7.01. The van der Waals surface area contributed by atoms with E-state index < -0.39 is 16.1 Å². The molecule has 7 heteroatoms. The van der Waals surface area contributed by atoms with Gasteiger partial charge in [-0.1, -0.05) is 25.5 Å². The van der Waals surface area contributed by atoms with Crippen LogP contribution >= 0.6 is 0 Å². The van der Waals surface area contributed by atoms with Crippen molar-refractivity contribution >= 4 is 27.4 Å². The standard InChI is InChI=1S/C16H19N3O3S/c1-2-3-12-4-10-15(11-5-12)23(21,22)19-14-8-6-13(7-9-14)18-16(17)20/h4-11,19H,2-3H2,1H3,(H3,17,18,20). The van der Waals surface area contributed by atoms with E-state index in [1.807, 2.05) is 12.1 Å². The monoisotopic (exact) mass is 333 g/mol. The maximum Gasteiger partial charge on any atom is 0.316 e. The lowest BCUT2D eigenvalue weighted by Gasteiger charge is -2.09. The van der Waals surface area contributed by atoms with Crippen molar-refractivity contribution in [3.8, 4) is 0 Å². The predicted octanol–water partition coefficient (Wildman–Crippen LogP) is 2.93. The molecule has 2 amide bonds. The molecule has 0 aliphatic carbocycles. The smallest absolute Gasteiger partial charge is 0.316 e. The molecule has 122 valence electrons. The Morgan fingerprint density at radius 2 is 1.57 bits per heavy atom. The lowest BCUT2D eigenvalue weighted by atomic mass is 10.1. The topological polar surface area (TPSA) is 101 Å². The lowest BCUT2D eigenvalue weighted by Crippen LogP contribution is -2.19. The first-order chi connectivity index (χ1) is 10.9. The largest absolute Gasteiger partial charge is 0.351 e. The number of benzene rings is 2. The molecule has 2 rings (SSSR count). The summed E-state index contributed by atoms with van der Waals surface area (Å²) in [6.07, 6.45) is 1.93. The molecule has 0 aliphatic heterocycles. The highest BCUT2D eigenvalue weighted by atomic mass is 32.2. The molecule has 0 fully saturated rings. The highest BCUT2D eigenvalue weighted by Crippen LogP contribution is 2.19. The van der Waals surface area contributed by atoms with Crippen LogP contribution in [-0.4, -0.2) is 14.4 Å². The van der Waals surface area contributed by atoms with E-state index in [2.05, 4.69) is 17.0 Å². The molecule has 2 aromatic rings. The van der Waals surface area contributed by atoms with Gasteiger partial charge in [-0.05, 0) is 48.4 Å². The third kappa shape index (κ3) is 4.72. The highest BCUT2D eigenvalue weighted by molar-refractivity contribution is 7.92. The van der Waals surface area contributed by atoms with Crippen LogP contribution in [0, 0.1) is 0 Å². The number of urea groups is 1. The van der Waals surface area contributed by atoms with Crippen molar-refractivity contribution in [2.45, 2.75) is 24.7 Å². The van der Waals surface area contributed by atoms with Crippen LogP contribution in [0.25, 0.3) is 0 Å². The molecular formula is C16H19N3O3S. The number of aryl methyl sites for hydroxylation is 1. The molecule has 0 bridgehead atoms. The fraction of sp³-hybridized carbons (Fsp3) is 0.188. The maximum atomic E-state index is 12.3. The van der Waals surface area contributed by atoms with Crippen molar-refractivity contribution in [2.24, 2.45) is 5.73 Å². The highest BCUT2D eigenvalue weighted by Gasteiger charge is 2.14. The Morgan fingerprint density at radius 1 is 1.00 bits per heavy atom. The molecule has 0 saturated heterocycles. The molecule has 4 N–H and O–H groups in total. The summed E-state index contributed by atoms with van der Waals surface area (Å²) in [6.45, 7) is 2.07. The average molecular weight is 333 g/mol. The van der Waals surface area contributed by atoms with Gasteiger partial charge in [0.1, 0.15) is 0 Å². The summed E-state index contributed by atoms with van der Waals surface area (Å²) in [4.78, 5) is 10.9. The van der Waals surface area contributed by atoms with Gasteiger partial charge < -0.3 is 11.1 Å².